The quantitative estimate of drug-likeness (QED) is 0.817. The number of benzene rings is 1. The largest absolute Gasteiger partial charge is 0.506 e. The van der Waals surface area contributed by atoms with Crippen molar-refractivity contribution in [3.63, 3.8) is 0 Å². The maximum atomic E-state index is 11.5. The standard InChI is InChI=1S/C12H19NO3S/c1-5-17(15,16)13-10-8-9(12(2,3)4)6-7-11(10)14/h6-8,13-14H,5H2,1-4H3. The van der Waals surface area contributed by atoms with E-state index in [-0.39, 0.29) is 22.6 Å². The third-order valence-corrected chi connectivity index (χ3v) is 3.80. The van der Waals surface area contributed by atoms with Gasteiger partial charge in [-0.15, -0.1) is 0 Å². The van der Waals surface area contributed by atoms with Gasteiger partial charge in [0, 0.05) is 0 Å². The van der Waals surface area contributed by atoms with Gasteiger partial charge in [-0.25, -0.2) is 8.42 Å². The molecule has 0 spiro atoms. The number of rotatable bonds is 3. The van der Waals surface area contributed by atoms with Gasteiger partial charge in [-0.05, 0) is 30.0 Å². The molecular formula is C12H19NO3S. The van der Waals surface area contributed by atoms with Crippen molar-refractivity contribution in [2.45, 2.75) is 33.1 Å². The summed E-state index contributed by atoms with van der Waals surface area (Å²) in [6.45, 7) is 7.62. The summed E-state index contributed by atoms with van der Waals surface area (Å²) in [4.78, 5) is 0. The average Bonchev–Trinajstić information content (AvgIpc) is 2.19. The van der Waals surface area contributed by atoms with Gasteiger partial charge in [0.05, 0.1) is 11.4 Å². The van der Waals surface area contributed by atoms with E-state index in [0.29, 0.717) is 0 Å². The molecule has 0 aliphatic heterocycles. The molecular weight excluding hydrogens is 238 g/mol. The Morgan fingerprint density at radius 2 is 1.88 bits per heavy atom. The van der Waals surface area contributed by atoms with E-state index in [4.69, 9.17) is 0 Å². The lowest BCUT2D eigenvalue weighted by Gasteiger charge is -2.20. The SMILES string of the molecule is CCS(=O)(=O)Nc1cc(C(C)(C)C)ccc1O. The van der Waals surface area contributed by atoms with Crippen molar-refractivity contribution in [3.05, 3.63) is 23.8 Å². The molecule has 5 heteroatoms. The van der Waals surface area contributed by atoms with E-state index < -0.39 is 10.0 Å². The van der Waals surface area contributed by atoms with Gasteiger partial charge in [0.15, 0.2) is 0 Å². The van der Waals surface area contributed by atoms with Crippen LogP contribution in [0.1, 0.15) is 33.3 Å². The fourth-order valence-electron chi connectivity index (χ4n) is 1.32. The third kappa shape index (κ3) is 3.63. The highest BCUT2D eigenvalue weighted by molar-refractivity contribution is 7.92. The molecule has 0 aliphatic carbocycles. The summed E-state index contributed by atoms with van der Waals surface area (Å²) in [7, 11) is -3.37. The molecule has 2 N–H and O–H groups in total. The van der Waals surface area contributed by atoms with Crippen LogP contribution in [0.3, 0.4) is 0 Å². The first-order valence-electron chi connectivity index (χ1n) is 5.49. The topological polar surface area (TPSA) is 66.4 Å². The molecule has 0 saturated heterocycles. The Morgan fingerprint density at radius 3 is 2.35 bits per heavy atom. The molecule has 0 saturated carbocycles. The minimum absolute atomic E-state index is 0.0216. The Labute approximate surface area is 103 Å². The summed E-state index contributed by atoms with van der Waals surface area (Å²) in [6.07, 6.45) is 0. The first-order chi connectivity index (χ1) is 7.65. The molecule has 0 atom stereocenters. The molecule has 0 fully saturated rings. The molecule has 0 heterocycles. The van der Waals surface area contributed by atoms with Crippen molar-refractivity contribution in [1.29, 1.82) is 0 Å². The van der Waals surface area contributed by atoms with Crippen molar-refractivity contribution < 1.29 is 13.5 Å². The van der Waals surface area contributed by atoms with E-state index in [9.17, 15) is 13.5 Å². The molecule has 4 nitrogen and oxygen atoms in total. The smallest absolute Gasteiger partial charge is 0.232 e. The van der Waals surface area contributed by atoms with E-state index in [2.05, 4.69) is 4.72 Å². The highest BCUT2D eigenvalue weighted by atomic mass is 32.2. The number of hydrogen-bond acceptors (Lipinski definition) is 3. The first-order valence-corrected chi connectivity index (χ1v) is 7.15. The molecule has 17 heavy (non-hydrogen) atoms. The number of anilines is 1. The van der Waals surface area contributed by atoms with Crippen molar-refractivity contribution in [2.24, 2.45) is 0 Å². The Balaban J connectivity index is 3.17. The first kappa shape index (κ1) is 13.8. The van der Waals surface area contributed by atoms with E-state index in [1.807, 2.05) is 20.8 Å². The van der Waals surface area contributed by atoms with Gasteiger partial charge in [0.25, 0.3) is 0 Å². The average molecular weight is 257 g/mol. The Morgan fingerprint density at radius 1 is 1.29 bits per heavy atom. The number of sulfonamides is 1. The third-order valence-electron chi connectivity index (χ3n) is 2.51. The van der Waals surface area contributed by atoms with Crippen LogP contribution >= 0.6 is 0 Å². The van der Waals surface area contributed by atoms with Crippen LogP contribution in [0.5, 0.6) is 5.75 Å². The van der Waals surface area contributed by atoms with Crippen LogP contribution in [0.4, 0.5) is 5.69 Å². The summed E-state index contributed by atoms with van der Waals surface area (Å²) in [5.74, 6) is -0.0818. The van der Waals surface area contributed by atoms with E-state index in [0.717, 1.165) is 5.56 Å². The van der Waals surface area contributed by atoms with E-state index in [1.54, 1.807) is 19.1 Å². The highest BCUT2D eigenvalue weighted by Crippen LogP contribution is 2.31. The lowest BCUT2D eigenvalue weighted by molar-refractivity contribution is 0.476. The van der Waals surface area contributed by atoms with Crippen LogP contribution in [0.25, 0.3) is 0 Å². The summed E-state index contributed by atoms with van der Waals surface area (Å²) in [6, 6.07) is 4.97. The fourth-order valence-corrected chi connectivity index (χ4v) is 1.97. The molecule has 1 aromatic rings. The Hall–Kier alpha value is -1.23. The van der Waals surface area contributed by atoms with Crippen LogP contribution in [0.15, 0.2) is 18.2 Å². The predicted octanol–water partition coefficient (Wildman–Crippen LogP) is 2.45. The molecule has 0 aliphatic rings. The maximum absolute atomic E-state index is 11.5. The number of hydrogen-bond donors (Lipinski definition) is 2. The van der Waals surface area contributed by atoms with Gasteiger partial charge in [-0.2, -0.15) is 0 Å². The van der Waals surface area contributed by atoms with Gasteiger partial charge in [-0.3, -0.25) is 4.72 Å². The zero-order chi connectivity index (χ0) is 13.3. The number of phenolic OH excluding ortho intramolecular Hbond substituents is 1. The van der Waals surface area contributed by atoms with Crippen molar-refractivity contribution in [1.82, 2.24) is 0 Å². The van der Waals surface area contributed by atoms with E-state index >= 15 is 0 Å². The van der Waals surface area contributed by atoms with Crippen molar-refractivity contribution >= 4 is 15.7 Å². The maximum Gasteiger partial charge on any atom is 0.232 e. The summed E-state index contributed by atoms with van der Waals surface area (Å²) in [5, 5.41) is 9.63. The van der Waals surface area contributed by atoms with Crippen LogP contribution < -0.4 is 4.72 Å². The second-order valence-corrected chi connectivity index (χ2v) is 7.00. The lowest BCUT2D eigenvalue weighted by Crippen LogP contribution is -2.16. The van der Waals surface area contributed by atoms with Crippen molar-refractivity contribution in [2.75, 3.05) is 10.5 Å². The number of phenols is 1. The van der Waals surface area contributed by atoms with Crippen molar-refractivity contribution in [3.8, 4) is 5.75 Å². The lowest BCUT2D eigenvalue weighted by atomic mass is 9.87. The summed E-state index contributed by atoms with van der Waals surface area (Å²) < 4.78 is 25.3. The van der Waals surface area contributed by atoms with E-state index in [1.165, 1.54) is 6.07 Å². The van der Waals surface area contributed by atoms with Gasteiger partial charge in [-0.1, -0.05) is 26.8 Å². The molecule has 0 aromatic heterocycles. The Kier molecular flexibility index (Phi) is 3.71. The monoisotopic (exact) mass is 257 g/mol. The molecule has 1 rings (SSSR count). The molecule has 1 aromatic carbocycles. The minimum atomic E-state index is -3.37. The molecule has 0 radical (unpaired) electrons. The van der Waals surface area contributed by atoms with Gasteiger partial charge in [0.2, 0.25) is 10.0 Å². The zero-order valence-corrected chi connectivity index (χ0v) is 11.4. The predicted molar refractivity (Wildman–Crippen MR) is 69.9 cm³/mol. The van der Waals surface area contributed by atoms with Crippen LogP contribution in [0, 0.1) is 0 Å². The van der Waals surface area contributed by atoms with Crippen LogP contribution in [-0.2, 0) is 15.4 Å². The second kappa shape index (κ2) is 4.56. The Bertz CT molecular complexity index is 501. The van der Waals surface area contributed by atoms with Gasteiger partial charge < -0.3 is 5.11 Å². The minimum Gasteiger partial charge on any atom is -0.506 e. The fraction of sp³-hybridized carbons (Fsp3) is 0.500. The number of nitrogens with one attached hydrogen (secondary N) is 1. The second-order valence-electron chi connectivity index (χ2n) is 4.99. The normalized spacial score (nSPS) is 12.5. The number of aromatic hydroxyl groups is 1. The van der Waals surface area contributed by atoms with Crippen LogP contribution in [-0.4, -0.2) is 19.3 Å². The molecule has 96 valence electrons. The molecule has 0 bridgehead atoms. The summed E-state index contributed by atoms with van der Waals surface area (Å²) in [5.41, 5.74) is 1.10. The zero-order valence-electron chi connectivity index (χ0n) is 10.6. The summed E-state index contributed by atoms with van der Waals surface area (Å²) >= 11 is 0. The van der Waals surface area contributed by atoms with Crippen LogP contribution in [0.2, 0.25) is 0 Å². The molecule has 0 amide bonds. The highest BCUT2D eigenvalue weighted by Gasteiger charge is 2.17. The molecule has 0 unspecified atom stereocenters. The van der Waals surface area contributed by atoms with Gasteiger partial charge >= 0.3 is 0 Å². The van der Waals surface area contributed by atoms with Gasteiger partial charge in [0.1, 0.15) is 5.75 Å².